The standard InChI is InChI=1S/C25H31F2N3O.2H2/c1-5-19-7-8-21(24-13-6-16(2)31-24)14-23(19)30-18(4)29-17(3)20-9-11-22(12-10-20)28-15-25(26)27;;/h5-8,13-14,20,22,25,28H,1,3,9-12,15H2,2,4H3,(H,29,30);2*1H. The number of nitrogens with one attached hydrogen (secondary N) is 2. The van der Waals surface area contributed by atoms with Gasteiger partial charge in [-0.25, -0.2) is 13.8 Å². The van der Waals surface area contributed by atoms with E-state index in [1.54, 1.807) is 6.08 Å². The van der Waals surface area contributed by atoms with Crippen LogP contribution in [-0.4, -0.2) is 24.8 Å². The summed E-state index contributed by atoms with van der Waals surface area (Å²) in [6.45, 7) is 11.7. The van der Waals surface area contributed by atoms with Crippen LogP contribution in [-0.2, 0) is 0 Å². The molecule has 2 aromatic rings. The number of furan rings is 1. The van der Waals surface area contributed by atoms with E-state index in [1.807, 2.05) is 44.2 Å². The van der Waals surface area contributed by atoms with Gasteiger partial charge in [-0.2, -0.15) is 0 Å². The van der Waals surface area contributed by atoms with Gasteiger partial charge < -0.3 is 15.1 Å². The molecule has 4 nitrogen and oxygen atoms in total. The summed E-state index contributed by atoms with van der Waals surface area (Å²) < 4.78 is 30.5. The van der Waals surface area contributed by atoms with Crippen molar-refractivity contribution in [3.05, 3.63) is 60.5 Å². The van der Waals surface area contributed by atoms with Crippen molar-refractivity contribution >= 4 is 17.6 Å². The summed E-state index contributed by atoms with van der Waals surface area (Å²) >= 11 is 0. The van der Waals surface area contributed by atoms with Crippen LogP contribution in [0, 0.1) is 12.8 Å². The molecule has 0 bridgehead atoms. The minimum absolute atomic E-state index is 0. The van der Waals surface area contributed by atoms with E-state index in [0.717, 1.165) is 65.6 Å². The summed E-state index contributed by atoms with van der Waals surface area (Å²) in [6.07, 6.45) is 3.07. The van der Waals surface area contributed by atoms with Crippen molar-refractivity contribution in [3.8, 4) is 11.3 Å². The van der Waals surface area contributed by atoms with Crippen LogP contribution in [0.5, 0.6) is 0 Å². The fourth-order valence-corrected chi connectivity index (χ4v) is 4.00. The molecule has 1 aliphatic rings. The lowest BCUT2D eigenvalue weighted by Gasteiger charge is -2.30. The molecule has 0 spiro atoms. The van der Waals surface area contributed by atoms with Crippen molar-refractivity contribution in [3.63, 3.8) is 0 Å². The predicted octanol–water partition coefficient (Wildman–Crippen LogP) is 6.96. The van der Waals surface area contributed by atoms with Gasteiger partial charge in [0.05, 0.1) is 12.2 Å². The van der Waals surface area contributed by atoms with Crippen molar-refractivity contribution in [2.75, 3.05) is 6.54 Å². The SMILES string of the molecule is C=Cc1ccc(-c2ccc(C)o2)cc1N=C(C)NC(=C)C1CCC(NCC(F)F)CC1.[HH].[HH]. The van der Waals surface area contributed by atoms with Crippen LogP contribution in [0.3, 0.4) is 0 Å². The van der Waals surface area contributed by atoms with Gasteiger partial charge >= 0.3 is 0 Å². The van der Waals surface area contributed by atoms with Gasteiger partial charge in [-0.3, -0.25) is 0 Å². The van der Waals surface area contributed by atoms with Crippen molar-refractivity contribution in [2.45, 2.75) is 52.0 Å². The Bertz CT molecular complexity index is 951. The summed E-state index contributed by atoms with van der Waals surface area (Å²) in [4.78, 5) is 4.76. The summed E-state index contributed by atoms with van der Waals surface area (Å²) in [5, 5.41) is 6.28. The van der Waals surface area contributed by atoms with E-state index in [9.17, 15) is 8.78 Å². The molecular formula is C25H35F2N3O. The number of benzene rings is 1. The third-order valence-corrected chi connectivity index (χ3v) is 5.69. The number of nitrogens with zero attached hydrogens (tertiary/aromatic N) is 1. The number of rotatable bonds is 8. The van der Waals surface area contributed by atoms with E-state index in [4.69, 9.17) is 9.41 Å². The zero-order chi connectivity index (χ0) is 22.4. The largest absolute Gasteiger partial charge is 0.461 e. The molecule has 0 unspecified atom stereocenters. The van der Waals surface area contributed by atoms with E-state index in [2.05, 4.69) is 23.8 Å². The van der Waals surface area contributed by atoms with Crippen LogP contribution >= 0.6 is 0 Å². The number of hydrogen-bond donors (Lipinski definition) is 2. The first-order chi connectivity index (χ1) is 14.9. The lowest BCUT2D eigenvalue weighted by Crippen LogP contribution is -2.37. The van der Waals surface area contributed by atoms with Crippen molar-refractivity contribution in [2.24, 2.45) is 10.9 Å². The number of halogens is 2. The van der Waals surface area contributed by atoms with E-state index in [0.29, 0.717) is 5.92 Å². The van der Waals surface area contributed by atoms with Crippen LogP contribution in [0.25, 0.3) is 17.4 Å². The second kappa shape index (κ2) is 10.5. The van der Waals surface area contributed by atoms with Crippen LogP contribution in [0.1, 0.15) is 46.8 Å². The average Bonchev–Trinajstić information content (AvgIpc) is 3.18. The molecule has 170 valence electrons. The second-order valence-electron chi connectivity index (χ2n) is 8.08. The van der Waals surface area contributed by atoms with Crippen molar-refractivity contribution in [1.29, 1.82) is 0 Å². The highest BCUT2D eigenvalue weighted by molar-refractivity contribution is 5.86. The fraction of sp³-hybridized carbons (Fsp3) is 0.400. The van der Waals surface area contributed by atoms with Crippen LogP contribution in [0.4, 0.5) is 14.5 Å². The topological polar surface area (TPSA) is 49.6 Å². The Morgan fingerprint density at radius 1 is 1.26 bits per heavy atom. The van der Waals surface area contributed by atoms with E-state index < -0.39 is 6.43 Å². The smallest absolute Gasteiger partial charge is 0.250 e. The molecule has 0 amide bonds. The Hall–Kier alpha value is -2.73. The first-order valence-electron chi connectivity index (χ1n) is 10.7. The fourth-order valence-electron chi connectivity index (χ4n) is 4.00. The highest BCUT2D eigenvalue weighted by Crippen LogP contribution is 2.31. The highest BCUT2D eigenvalue weighted by atomic mass is 19.3. The number of allylic oxidation sites excluding steroid dienone is 1. The summed E-state index contributed by atoms with van der Waals surface area (Å²) in [5.41, 5.74) is 3.62. The quantitative estimate of drug-likeness (QED) is 0.351. The molecule has 6 heteroatoms. The molecule has 1 fully saturated rings. The number of amidine groups is 1. The zero-order valence-corrected chi connectivity index (χ0v) is 18.3. The molecule has 0 atom stereocenters. The molecule has 0 saturated heterocycles. The normalized spacial score (nSPS) is 19.5. The van der Waals surface area contributed by atoms with Crippen molar-refractivity contribution < 1.29 is 16.1 Å². The van der Waals surface area contributed by atoms with Gasteiger partial charge in [0.1, 0.15) is 17.4 Å². The maximum Gasteiger partial charge on any atom is 0.250 e. The van der Waals surface area contributed by atoms with Gasteiger partial charge in [0.25, 0.3) is 6.43 Å². The third-order valence-electron chi connectivity index (χ3n) is 5.69. The van der Waals surface area contributed by atoms with Gasteiger partial charge in [-0.1, -0.05) is 31.4 Å². The van der Waals surface area contributed by atoms with Crippen molar-refractivity contribution in [1.82, 2.24) is 10.6 Å². The Balaban J connectivity index is 0.00000272. The molecular weight excluding hydrogens is 396 g/mol. The molecule has 1 aliphatic carbocycles. The van der Waals surface area contributed by atoms with Gasteiger partial charge in [-0.15, -0.1) is 0 Å². The first kappa shape index (κ1) is 22.9. The minimum Gasteiger partial charge on any atom is -0.461 e. The molecule has 0 aliphatic heterocycles. The lowest BCUT2D eigenvalue weighted by atomic mass is 9.84. The molecule has 31 heavy (non-hydrogen) atoms. The molecule has 3 rings (SSSR count). The summed E-state index contributed by atoms with van der Waals surface area (Å²) in [7, 11) is 0. The predicted molar refractivity (Wildman–Crippen MR) is 128 cm³/mol. The number of hydrogen-bond acceptors (Lipinski definition) is 3. The Morgan fingerprint density at radius 2 is 2.00 bits per heavy atom. The van der Waals surface area contributed by atoms with E-state index >= 15 is 0 Å². The summed E-state index contributed by atoms with van der Waals surface area (Å²) in [5.74, 6) is 2.72. The Kier molecular flexibility index (Phi) is 7.80. The minimum atomic E-state index is -2.30. The number of alkyl halides is 2. The first-order valence-corrected chi connectivity index (χ1v) is 10.7. The molecule has 1 heterocycles. The monoisotopic (exact) mass is 431 g/mol. The molecule has 1 saturated carbocycles. The molecule has 1 aromatic carbocycles. The molecule has 2 N–H and O–H groups in total. The van der Waals surface area contributed by atoms with Crippen LogP contribution in [0.2, 0.25) is 0 Å². The Morgan fingerprint density at radius 3 is 2.61 bits per heavy atom. The second-order valence-corrected chi connectivity index (χ2v) is 8.08. The van der Waals surface area contributed by atoms with Gasteiger partial charge in [0, 0.05) is 20.2 Å². The maximum atomic E-state index is 12.4. The molecule has 1 aromatic heterocycles. The highest BCUT2D eigenvalue weighted by Gasteiger charge is 2.23. The van der Waals surface area contributed by atoms with Gasteiger partial charge in [0.2, 0.25) is 0 Å². The lowest BCUT2D eigenvalue weighted by molar-refractivity contribution is 0.136. The van der Waals surface area contributed by atoms with Gasteiger partial charge in [0.15, 0.2) is 0 Å². The maximum absolute atomic E-state index is 12.4. The zero-order valence-electron chi connectivity index (χ0n) is 18.3. The van der Waals surface area contributed by atoms with Gasteiger partial charge in [-0.05, 0) is 69.2 Å². The molecule has 0 radical (unpaired) electrons. The van der Waals surface area contributed by atoms with E-state index in [1.165, 1.54) is 0 Å². The number of aryl methyl sites for hydroxylation is 1. The average molecular weight is 432 g/mol. The van der Waals surface area contributed by atoms with Crippen LogP contribution in [0.15, 0.2) is 58.6 Å². The Labute approximate surface area is 186 Å². The third kappa shape index (κ3) is 6.37. The van der Waals surface area contributed by atoms with Crippen LogP contribution < -0.4 is 10.6 Å². The number of aliphatic imine (C=N–C) groups is 1. The summed E-state index contributed by atoms with van der Waals surface area (Å²) in [6, 6.07) is 10.0. The van der Waals surface area contributed by atoms with E-state index in [-0.39, 0.29) is 15.4 Å².